The summed E-state index contributed by atoms with van der Waals surface area (Å²) in [4.78, 5) is 0. The largest absolute Gasteiger partial charge is 0.188 e. The van der Waals surface area contributed by atoms with Crippen LogP contribution < -0.4 is 0 Å². The van der Waals surface area contributed by atoms with Crippen LogP contribution in [0.4, 0.5) is 0 Å². The number of rotatable bonds is 0. The van der Waals surface area contributed by atoms with Gasteiger partial charge in [-0.05, 0) is 47.9 Å². The molecule has 1 aliphatic heterocycles. The van der Waals surface area contributed by atoms with E-state index >= 15 is 0 Å². The minimum absolute atomic E-state index is 0.893. The van der Waals surface area contributed by atoms with Gasteiger partial charge in [-0.2, -0.15) is 5.11 Å². The maximum atomic E-state index is 4.00. The molecule has 9 heavy (non-hydrogen) atoms. The lowest BCUT2D eigenvalue weighted by Crippen LogP contribution is -1.78. The normalized spacial score (nSPS) is 20.2. The third-order valence-corrected chi connectivity index (χ3v) is 2.46. The Morgan fingerprint density at radius 1 is 1.56 bits per heavy atom. The molecular formula is C6H9IN2. The highest BCUT2D eigenvalue weighted by molar-refractivity contribution is 14.1. The van der Waals surface area contributed by atoms with Crippen molar-refractivity contribution in [1.29, 1.82) is 0 Å². The molecule has 0 fully saturated rings. The zero-order valence-corrected chi connectivity index (χ0v) is 7.55. The molecule has 3 heteroatoms. The second-order valence-electron chi connectivity index (χ2n) is 2.14. The van der Waals surface area contributed by atoms with Crippen LogP contribution in [0.15, 0.2) is 19.5 Å². The zero-order valence-electron chi connectivity index (χ0n) is 5.39. The first-order chi connectivity index (χ1) is 4.30. The lowest BCUT2D eigenvalue weighted by Gasteiger charge is -1.93. The standard InChI is InChI=1S/C6H9IN2/c1-5-3-2-4-8-9-6(5)7/h2-4H2,1H3. The van der Waals surface area contributed by atoms with Gasteiger partial charge in [0.15, 0.2) is 0 Å². The van der Waals surface area contributed by atoms with Crippen LogP contribution in [-0.2, 0) is 0 Å². The van der Waals surface area contributed by atoms with Gasteiger partial charge in [0.2, 0.25) is 0 Å². The summed E-state index contributed by atoms with van der Waals surface area (Å²) in [7, 11) is 0. The Hall–Kier alpha value is 0.0700. The van der Waals surface area contributed by atoms with E-state index in [1.807, 2.05) is 0 Å². The first-order valence-electron chi connectivity index (χ1n) is 3.03. The summed E-state index contributed by atoms with van der Waals surface area (Å²) >= 11 is 2.23. The molecule has 0 aromatic heterocycles. The zero-order chi connectivity index (χ0) is 6.69. The van der Waals surface area contributed by atoms with Gasteiger partial charge in [0.25, 0.3) is 0 Å². The molecular weight excluding hydrogens is 227 g/mol. The molecule has 1 rings (SSSR count). The molecule has 2 nitrogen and oxygen atoms in total. The van der Waals surface area contributed by atoms with E-state index in [4.69, 9.17) is 0 Å². The van der Waals surface area contributed by atoms with E-state index in [2.05, 4.69) is 39.7 Å². The van der Waals surface area contributed by atoms with Crippen LogP contribution >= 0.6 is 22.6 Å². The van der Waals surface area contributed by atoms with E-state index in [1.54, 1.807) is 0 Å². The number of hydrogen-bond donors (Lipinski definition) is 0. The summed E-state index contributed by atoms with van der Waals surface area (Å²) in [5.74, 6) is 0. The number of hydrogen-bond acceptors (Lipinski definition) is 2. The summed E-state index contributed by atoms with van der Waals surface area (Å²) < 4.78 is 1.07. The molecule has 0 saturated heterocycles. The molecule has 0 unspecified atom stereocenters. The van der Waals surface area contributed by atoms with Crippen LogP contribution in [0.3, 0.4) is 0 Å². The summed E-state index contributed by atoms with van der Waals surface area (Å²) in [6.45, 7) is 3.01. The average Bonchev–Trinajstić information content (AvgIpc) is 1.99. The van der Waals surface area contributed by atoms with Crippen LogP contribution in [0.5, 0.6) is 0 Å². The SMILES string of the molecule is CC1=C(I)N=NCCC1. The van der Waals surface area contributed by atoms with Crippen LogP contribution in [0.25, 0.3) is 0 Å². The molecule has 1 heterocycles. The summed E-state index contributed by atoms with van der Waals surface area (Å²) in [5.41, 5.74) is 1.37. The van der Waals surface area contributed by atoms with Crippen molar-refractivity contribution in [3.05, 3.63) is 9.28 Å². The van der Waals surface area contributed by atoms with Crippen molar-refractivity contribution in [3.63, 3.8) is 0 Å². The molecule has 50 valence electrons. The summed E-state index contributed by atoms with van der Waals surface area (Å²) in [5, 5.41) is 7.96. The molecule has 0 N–H and O–H groups in total. The number of nitrogens with zero attached hydrogens (tertiary/aromatic N) is 2. The Kier molecular flexibility index (Phi) is 2.63. The Balaban J connectivity index is 2.72. The smallest absolute Gasteiger partial charge is 0.122 e. The van der Waals surface area contributed by atoms with Crippen molar-refractivity contribution in [1.82, 2.24) is 0 Å². The van der Waals surface area contributed by atoms with E-state index in [0.29, 0.717) is 0 Å². The second kappa shape index (κ2) is 3.29. The van der Waals surface area contributed by atoms with Crippen molar-refractivity contribution in [2.24, 2.45) is 10.2 Å². The Labute approximate surface area is 68.6 Å². The van der Waals surface area contributed by atoms with Gasteiger partial charge >= 0.3 is 0 Å². The quantitative estimate of drug-likeness (QED) is 0.456. The van der Waals surface area contributed by atoms with Crippen molar-refractivity contribution < 1.29 is 0 Å². The highest BCUT2D eigenvalue weighted by Gasteiger charge is 2.00. The van der Waals surface area contributed by atoms with E-state index in [-0.39, 0.29) is 0 Å². The molecule has 0 aromatic carbocycles. The van der Waals surface area contributed by atoms with Crippen molar-refractivity contribution in [2.45, 2.75) is 19.8 Å². The van der Waals surface area contributed by atoms with Gasteiger partial charge in [-0.1, -0.05) is 0 Å². The van der Waals surface area contributed by atoms with Crippen molar-refractivity contribution in [3.8, 4) is 0 Å². The van der Waals surface area contributed by atoms with Crippen LogP contribution in [0.2, 0.25) is 0 Å². The molecule has 0 radical (unpaired) electrons. The topological polar surface area (TPSA) is 24.7 Å². The molecule has 0 spiro atoms. The first-order valence-corrected chi connectivity index (χ1v) is 4.11. The van der Waals surface area contributed by atoms with Gasteiger partial charge in [0.1, 0.15) is 3.70 Å². The molecule has 0 aromatic rings. The van der Waals surface area contributed by atoms with Gasteiger partial charge < -0.3 is 0 Å². The van der Waals surface area contributed by atoms with Crippen LogP contribution in [0.1, 0.15) is 19.8 Å². The summed E-state index contributed by atoms with van der Waals surface area (Å²) in [6, 6.07) is 0. The summed E-state index contributed by atoms with van der Waals surface area (Å²) in [6.07, 6.45) is 2.31. The maximum absolute atomic E-state index is 4.00. The lowest BCUT2D eigenvalue weighted by atomic mass is 10.2. The fraction of sp³-hybridized carbons (Fsp3) is 0.667. The predicted octanol–water partition coefficient (Wildman–Crippen LogP) is 2.90. The van der Waals surface area contributed by atoms with E-state index in [0.717, 1.165) is 23.1 Å². The third-order valence-electron chi connectivity index (χ3n) is 1.32. The second-order valence-corrected chi connectivity index (χ2v) is 3.16. The molecule has 1 aliphatic rings. The van der Waals surface area contributed by atoms with Gasteiger partial charge in [-0.15, -0.1) is 5.11 Å². The van der Waals surface area contributed by atoms with E-state index < -0.39 is 0 Å². The van der Waals surface area contributed by atoms with E-state index in [9.17, 15) is 0 Å². The van der Waals surface area contributed by atoms with Gasteiger partial charge in [-0.3, -0.25) is 0 Å². The number of halogens is 1. The maximum Gasteiger partial charge on any atom is 0.122 e. The Morgan fingerprint density at radius 2 is 2.33 bits per heavy atom. The average molecular weight is 236 g/mol. The van der Waals surface area contributed by atoms with E-state index in [1.165, 1.54) is 5.57 Å². The van der Waals surface area contributed by atoms with Crippen molar-refractivity contribution >= 4 is 22.6 Å². The predicted molar refractivity (Wildman–Crippen MR) is 45.7 cm³/mol. The monoisotopic (exact) mass is 236 g/mol. The Morgan fingerprint density at radius 3 is 3.11 bits per heavy atom. The molecule has 0 saturated carbocycles. The molecule has 0 atom stereocenters. The fourth-order valence-electron chi connectivity index (χ4n) is 0.716. The minimum atomic E-state index is 0.893. The highest BCUT2D eigenvalue weighted by atomic mass is 127. The van der Waals surface area contributed by atoms with Gasteiger partial charge in [-0.25, -0.2) is 0 Å². The van der Waals surface area contributed by atoms with Gasteiger partial charge in [0.05, 0.1) is 6.54 Å². The first kappa shape index (κ1) is 7.18. The number of azo groups is 1. The van der Waals surface area contributed by atoms with Gasteiger partial charge in [0, 0.05) is 0 Å². The number of allylic oxidation sites excluding steroid dienone is 1. The fourth-order valence-corrected chi connectivity index (χ4v) is 1.14. The van der Waals surface area contributed by atoms with Crippen molar-refractivity contribution in [2.75, 3.05) is 6.54 Å². The van der Waals surface area contributed by atoms with Crippen LogP contribution in [0, 0.1) is 0 Å². The highest BCUT2D eigenvalue weighted by Crippen LogP contribution is 2.20. The molecule has 0 amide bonds. The molecule has 0 aliphatic carbocycles. The minimum Gasteiger partial charge on any atom is -0.188 e. The third kappa shape index (κ3) is 2.04. The molecule has 0 bridgehead atoms. The lowest BCUT2D eigenvalue weighted by molar-refractivity contribution is 0.819. The van der Waals surface area contributed by atoms with Crippen LogP contribution in [-0.4, -0.2) is 6.54 Å². The Bertz CT molecular complexity index is 160.